The van der Waals surface area contributed by atoms with Crippen LogP contribution in [0.4, 0.5) is 4.79 Å². The van der Waals surface area contributed by atoms with E-state index in [9.17, 15) is 9.90 Å². The number of amides is 2. The molecule has 2 amide bonds. The topological polar surface area (TPSA) is 52.6 Å². The normalized spacial score (nSPS) is 15.3. The molecule has 1 fully saturated rings. The minimum absolute atomic E-state index is 0.0153. The van der Waals surface area contributed by atoms with Gasteiger partial charge in [0.25, 0.3) is 0 Å². The summed E-state index contributed by atoms with van der Waals surface area (Å²) in [6.45, 7) is 2.17. The summed E-state index contributed by atoms with van der Waals surface area (Å²) in [6.07, 6.45) is 4.26. The lowest BCUT2D eigenvalue weighted by molar-refractivity contribution is 0.168. The highest BCUT2D eigenvalue weighted by molar-refractivity contribution is 7.16. The van der Waals surface area contributed by atoms with Crippen LogP contribution < -0.4 is 5.32 Å². The second kappa shape index (κ2) is 8.59. The predicted molar refractivity (Wildman–Crippen MR) is 102 cm³/mol. The number of thiophene rings is 1. The number of urea groups is 1. The van der Waals surface area contributed by atoms with E-state index in [1.165, 1.54) is 16.9 Å². The van der Waals surface area contributed by atoms with Crippen LogP contribution in [0.25, 0.3) is 0 Å². The number of phenols is 1. The first-order valence-electron chi connectivity index (χ1n) is 8.65. The van der Waals surface area contributed by atoms with Crippen LogP contribution >= 0.6 is 22.9 Å². The Morgan fingerprint density at radius 3 is 2.56 bits per heavy atom. The van der Waals surface area contributed by atoms with Gasteiger partial charge >= 0.3 is 6.03 Å². The van der Waals surface area contributed by atoms with E-state index in [0.717, 1.165) is 48.0 Å². The zero-order valence-electron chi connectivity index (χ0n) is 14.1. The van der Waals surface area contributed by atoms with Crippen LogP contribution in [0.15, 0.2) is 36.4 Å². The quantitative estimate of drug-likeness (QED) is 0.794. The molecular formula is C19H23ClN2O2S. The molecule has 6 heteroatoms. The Hall–Kier alpha value is -1.72. The third-order valence-electron chi connectivity index (χ3n) is 4.72. The third-order valence-corrected chi connectivity index (χ3v) is 5.95. The van der Waals surface area contributed by atoms with Crippen LogP contribution in [0.5, 0.6) is 5.75 Å². The minimum Gasteiger partial charge on any atom is -0.508 e. The Morgan fingerprint density at radius 1 is 1.20 bits per heavy atom. The van der Waals surface area contributed by atoms with E-state index >= 15 is 0 Å². The van der Waals surface area contributed by atoms with Gasteiger partial charge in [0.05, 0.1) is 10.9 Å². The van der Waals surface area contributed by atoms with E-state index in [1.54, 1.807) is 12.1 Å². The molecule has 0 spiro atoms. The maximum absolute atomic E-state index is 12.3. The highest BCUT2D eigenvalue weighted by Gasteiger charge is 2.22. The second-order valence-electron chi connectivity index (χ2n) is 6.50. The third kappa shape index (κ3) is 5.38. The number of benzene rings is 1. The monoisotopic (exact) mass is 378 g/mol. The summed E-state index contributed by atoms with van der Waals surface area (Å²) in [5.74, 6) is 0.974. The number of nitrogens with one attached hydrogen (secondary N) is 1. The molecule has 1 saturated heterocycles. The highest BCUT2D eigenvalue weighted by Crippen LogP contribution is 2.24. The summed E-state index contributed by atoms with van der Waals surface area (Å²) in [4.78, 5) is 15.2. The molecule has 1 aliphatic heterocycles. The van der Waals surface area contributed by atoms with Crippen molar-refractivity contribution < 1.29 is 9.90 Å². The zero-order chi connectivity index (χ0) is 17.6. The first-order valence-corrected chi connectivity index (χ1v) is 9.84. The molecule has 4 nitrogen and oxygen atoms in total. The van der Waals surface area contributed by atoms with Crippen molar-refractivity contribution in [1.29, 1.82) is 0 Å². The van der Waals surface area contributed by atoms with Crippen LogP contribution in [0, 0.1) is 5.92 Å². The number of likely N-dealkylation sites (tertiary alicyclic amines) is 1. The Morgan fingerprint density at radius 2 is 1.92 bits per heavy atom. The molecule has 2 N–H and O–H groups in total. The van der Waals surface area contributed by atoms with Crippen LogP contribution in [0.3, 0.4) is 0 Å². The molecule has 1 aromatic heterocycles. The molecule has 1 aromatic carbocycles. The number of aryl methyl sites for hydroxylation is 1. The number of phenolic OH excluding ortho intramolecular Hbond substituents is 1. The van der Waals surface area contributed by atoms with Crippen LogP contribution in [0.1, 0.15) is 29.7 Å². The van der Waals surface area contributed by atoms with Crippen molar-refractivity contribution in [2.75, 3.05) is 13.1 Å². The number of piperidine rings is 1. The van der Waals surface area contributed by atoms with Gasteiger partial charge in [-0.25, -0.2) is 4.79 Å². The van der Waals surface area contributed by atoms with Gasteiger partial charge in [0.15, 0.2) is 0 Å². The van der Waals surface area contributed by atoms with Gasteiger partial charge in [0, 0.05) is 18.0 Å². The number of aromatic hydroxyl groups is 1. The van der Waals surface area contributed by atoms with Crippen molar-refractivity contribution >= 4 is 29.0 Å². The van der Waals surface area contributed by atoms with E-state index in [4.69, 9.17) is 11.6 Å². The number of halogens is 1. The molecule has 134 valence electrons. The lowest BCUT2D eigenvalue weighted by atomic mass is 9.90. The van der Waals surface area contributed by atoms with Crippen molar-refractivity contribution in [2.45, 2.75) is 32.2 Å². The Labute approximate surface area is 157 Å². The predicted octanol–water partition coefficient (Wildman–Crippen LogP) is 4.66. The SMILES string of the molecule is O=C(NCc1ccc(Cl)s1)N1CCC(CCc2ccc(O)cc2)CC1. The number of hydrogen-bond acceptors (Lipinski definition) is 3. The molecule has 2 heterocycles. The molecule has 0 bridgehead atoms. The van der Waals surface area contributed by atoms with E-state index in [-0.39, 0.29) is 6.03 Å². The van der Waals surface area contributed by atoms with Gasteiger partial charge in [-0.1, -0.05) is 23.7 Å². The number of carbonyl (C=O) groups excluding carboxylic acids is 1. The van der Waals surface area contributed by atoms with Crippen molar-refractivity contribution in [2.24, 2.45) is 5.92 Å². The molecule has 0 saturated carbocycles. The average molecular weight is 379 g/mol. The molecule has 25 heavy (non-hydrogen) atoms. The lowest BCUT2D eigenvalue weighted by Gasteiger charge is -2.32. The lowest BCUT2D eigenvalue weighted by Crippen LogP contribution is -2.44. The van der Waals surface area contributed by atoms with Gasteiger partial charge in [-0.15, -0.1) is 11.3 Å². The number of hydrogen-bond donors (Lipinski definition) is 2. The number of carbonyl (C=O) groups is 1. The fourth-order valence-electron chi connectivity index (χ4n) is 3.18. The van der Waals surface area contributed by atoms with E-state index < -0.39 is 0 Å². The maximum Gasteiger partial charge on any atom is 0.317 e. The first-order chi connectivity index (χ1) is 12.1. The standard InChI is InChI=1S/C19H23ClN2O2S/c20-18-8-7-17(25-18)13-21-19(24)22-11-9-15(10-12-22)2-1-14-3-5-16(23)6-4-14/h3-8,15,23H,1-2,9-13H2,(H,21,24). The molecule has 0 aliphatic carbocycles. The molecular weight excluding hydrogens is 356 g/mol. The zero-order valence-corrected chi connectivity index (χ0v) is 15.7. The van der Waals surface area contributed by atoms with Crippen molar-refractivity contribution in [1.82, 2.24) is 10.2 Å². The molecule has 0 radical (unpaired) electrons. The van der Waals surface area contributed by atoms with Crippen LogP contribution in [-0.2, 0) is 13.0 Å². The van der Waals surface area contributed by atoms with Crippen molar-refractivity contribution in [3.05, 3.63) is 51.2 Å². The maximum atomic E-state index is 12.3. The number of nitrogens with zero attached hydrogens (tertiary/aromatic N) is 1. The van der Waals surface area contributed by atoms with Crippen molar-refractivity contribution in [3.8, 4) is 5.75 Å². The minimum atomic E-state index is 0.0153. The second-order valence-corrected chi connectivity index (χ2v) is 8.30. The Bertz CT molecular complexity index is 694. The molecule has 1 aliphatic rings. The molecule has 0 unspecified atom stereocenters. The molecule has 0 atom stereocenters. The largest absolute Gasteiger partial charge is 0.508 e. The van der Waals surface area contributed by atoms with Gasteiger partial charge in [-0.2, -0.15) is 0 Å². The van der Waals surface area contributed by atoms with Gasteiger partial charge in [-0.3, -0.25) is 0 Å². The smallest absolute Gasteiger partial charge is 0.317 e. The van der Waals surface area contributed by atoms with Gasteiger partial charge in [0.2, 0.25) is 0 Å². The van der Waals surface area contributed by atoms with Gasteiger partial charge < -0.3 is 15.3 Å². The van der Waals surface area contributed by atoms with E-state index in [1.807, 2.05) is 29.2 Å². The van der Waals surface area contributed by atoms with Gasteiger partial charge in [0.1, 0.15) is 5.75 Å². The summed E-state index contributed by atoms with van der Waals surface area (Å²) in [6, 6.07) is 11.3. The molecule has 3 rings (SSSR count). The van der Waals surface area contributed by atoms with E-state index in [2.05, 4.69) is 5.32 Å². The van der Waals surface area contributed by atoms with Crippen LogP contribution in [-0.4, -0.2) is 29.1 Å². The Kier molecular flexibility index (Phi) is 6.21. The Balaban J connectivity index is 1.37. The number of rotatable bonds is 5. The fraction of sp³-hybridized carbons (Fsp3) is 0.421. The first kappa shape index (κ1) is 18.1. The summed E-state index contributed by atoms with van der Waals surface area (Å²) in [5, 5.41) is 12.3. The summed E-state index contributed by atoms with van der Waals surface area (Å²) in [7, 11) is 0. The molecule has 2 aromatic rings. The summed E-state index contributed by atoms with van der Waals surface area (Å²) < 4.78 is 0.749. The van der Waals surface area contributed by atoms with Crippen molar-refractivity contribution in [3.63, 3.8) is 0 Å². The summed E-state index contributed by atoms with van der Waals surface area (Å²) >= 11 is 7.40. The van der Waals surface area contributed by atoms with Crippen LogP contribution in [0.2, 0.25) is 4.34 Å². The fourth-order valence-corrected chi connectivity index (χ4v) is 4.21. The van der Waals surface area contributed by atoms with Gasteiger partial charge in [-0.05, 0) is 61.4 Å². The summed E-state index contributed by atoms with van der Waals surface area (Å²) in [5.41, 5.74) is 1.26. The average Bonchev–Trinajstić information content (AvgIpc) is 3.05. The highest BCUT2D eigenvalue weighted by atomic mass is 35.5. The van der Waals surface area contributed by atoms with E-state index in [0.29, 0.717) is 18.2 Å².